The van der Waals surface area contributed by atoms with E-state index < -0.39 is 0 Å². The highest BCUT2D eigenvalue weighted by Crippen LogP contribution is 2.47. The predicted octanol–water partition coefficient (Wildman–Crippen LogP) is 13.2. The first-order valence-corrected chi connectivity index (χ1v) is 18.6. The van der Waals surface area contributed by atoms with Crippen molar-refractivity contribution in [2.24, 2.45) is 0 Å². The average Bonchev–Trinajstić information content (AvgIpc) is 3.55. The van der Waals surface area contributed by atoms with E-state index >= 15 is 0 Å². The van der Waals surface area contributed by atoms with Crippen molar-refractivity contribution >= 4 is 66.7 Å². The normalized spacial score (nSPS) is 17.8. The molecule has 4 aliphatic rings. The van der Waals surface area contributed by atoms with Crippen LogP contribution in [0.2, 0.25) is 0 Å². The van der Waals surface area contributed by atoms with Crippen molar-refractivity contribution in [3.8, 4) is 11.5 Å². The molecule has 0 N–H and O–H groups in total. The molecule has 11 rings (SSSR count). The second-order valence-corrected chi connectivity index (χ2v) is 14.4. The molecule has 0 aliphatic heterocycles. The lowest BCUT2D eigenvalue weighted by molar-refractivity contribution is 0.626. The SMILES string of the molecule is C1=CC=C(n2c3c(c4ccccc42)CC(c2ccc4c(c2)c2ccccc2n4C2=CC=C4C/C=C\C=C/C(=C2)C4)=Cc2c-3oc3ccccc23)CC=C1. The summed E-state index contributed by atoms with van der Waals surface area (Å²) in [6.07, 6.45) is 32.7. The number of furan rings is 1. The number of nitrogens with zero attached hydrogens (tertiary/aromatic N) is 2. The molecule has 0 amide bonds. The minimum atomic E-state index is 0.787. The molecule has 3 heterocycles. The van der Waals surface area contributed by atoms with E-state index in [2.05, 4.69) is 179 Å². The third-order valence-electron chi connectivity index (χ3n) is 11.3. The Morgan fingerprint density at radius 2 is 1.34 bits per heavy atom. The quantitative estimate of drug-likeness (QED) is 0.182. The molecular formula is C50H36N2O. The Bertz CT molecular complexity index is 2980. The summed E-state index contributed by atoms with van der Waals surface area (Å²) in [4.78, 5) is 0. The number of fused-ring (bicyclic) bond motifs is 12. The van der Waals surface area contributed by atoms with Crippen molar-refractivity contribution in [1.82, 2.24) is 9.13 Å². The summed E-state index contributed by atoms with van der Waals surface area (Å²) in [7, 11) is 0. The fraction of sp³-hybridized carbons (Fsp3) is 0.0800. The molecule has 0 atom stereocenters. The van der Waals surface area contributed by atoms with Crippen molar-refractivity contribution in [1.29, 1.82) is 0 Å². The summed E-state index contributed by atoms with van der Waals surface area (Å²) >= 11 is 0. The van der Waals surface area contributed by atoms with E-state index in [0.717, 1.165) is 53.7 Å². The summed E-state index contributed by atoms with van der Waals surface area (Å²) in [6.45, 7) is 0. The molecule has 7 aromatic rings. The Kier molecular flexibility index (Phi) is 6.81. The summed E-state index contributed by atoms with van der Waals surface area (Å²) in [5.41, 5.74) is 15.9. The van der Waals surface area contributed by atoms with E-state index in [1.807, 2.05) is 0 Å². The van der Waals surface area contributed by atoms with Gasteiger partial charge in [-0.15, -0.1) is 0 Å². The summed E-state index contributed by atoms with van der Waals surface area (Å²) in [5.74, 6) is 0.937. The average molecular weight is 681 g/mol. The number of allylic oxidation sites excluding steroid dienone is 17. The van der Waals surface area contributed by atoms with Crippen LogP contribution in [0.25, 0.3) is 78.2 Å². The van der Waals surface area contributed by atoms with Crippen LogP contribution < -0.4 is 0 Å². The van der Waals surface area contributed by atoms with E-state index in [-0.39, 0.29) is 0 Å². The minimum absolute atomic E-state index is 0.787. The van der Waals surface area contributed by atoms with Crippen molar-refractivity contribution < 1.29 is 4.42 Å². The molecule has 2 bridgehead atoms. The van der Waals surface area contributed by atoms with E-state index in [0.29, 0.717) is 0 Å². The van der Waals surface area contributed by atoms with Crippen LogP contribution in [0.4, 0.5) is 0 Å². The molecule has 0 saturated carbocycles. The molecule has 3 nitrogen and oxygen atoms in total. The number of aromatic nitrogens is 2. The molecule has 3 heteroatoms. The number of hydrogen-bond acceptors (Lipinski definition) is 1. The third-order valence-corrected chi connectivity index (χ3v) is 11.3. The molecule has 3 aromatic heterocycles. The molecule has 0 saturated heterocycles. The molecule has 252 valence electrons. The first kappa shape index (κ1) is 30.1. The Morgan fingerprint density at radius 1 is 0.566 bits per heavy atom. The molecule has 53 heavy (non-hydrogen) atoms. The summed E-state index contributed by atoms with van der Waals surface area (Å²) in [5, 5.41) is 4.93. The number of rotatable bonds is 3. The standard InChI is InChI=1S/C50H36N2O/c1-2-7-17-37(16-6-1)52-46-22-12-9-19-40(46)43-31-36(32-44-41-20-10-13-23-48(41)53-50(44)49(43)52)35-25-27-47-42(30-35)39-18-8-11-21-45(39)51(47)38-26-24-33-14-4-3-5-15-34(28-33)29-38/h1-13,15-16,18-27,29-30,32H,14,17,28,31H2/b4-3-,15-5-. The van der Waals surface area contributed by atoms with Crippen LogP contribution in [-0.2, 0) is 6.42 Å². The summed E-state index contributed by atoms with van der Waals surface area (Å²) < 4.78 is 11.8. The highest BCUT2D eigenvalue weighted by molar-refractivity contribution is 6.12. The molecular weight excluding hydrogens is 645 g/mol. The van der Waals surface area contributed by atoms with Gasteiger partial charge in [-0.05, 0) is 89.8 Å². The minimum Gasteiger partial charge on any atom is -0.454 e. The Hall–Kier alpha value is -6.58. The van der Waals surface area contributed by atoms with Gasteiger partial charge in [0, 0.05) is 51.3 Å². The van der Waals surface area contributed by atoms with Gasteiger partial charge in [-0.25, -0.2) is 0 Å². The van der Waals surface area contributed by atoms with E-state index in [4.69, 9.17) is 4.42 Å². The molecule has 4 aliphatic carbocycles. The third kappa shape index (κ3) is 4.81. The number of para-hydroxylation sites is 3. The van der Waals surface area contributed by atoms with Gasteiger partial charge in [0.05, 0.1) is 22.2 Å². The number of hydrogen-bond donors (Lipinski definition) is 0. The lowest BCUT2D eigenvalue weighted by atomic mass is 9.95. The van der Waals surface area contributed by atoms with Crippen molar-refractivity contribution in [2.75, 3.05) is 0 Å². The van der Waals surface area contributed by atoms with Crippen LogP contribution in [0.15, 0.2) is 179 Å². The monoisotopic (exact) mass is 680 g/mol. The van der Waals surface area contributed by atoms with Crippen LogP contribution in [0, 0.1) is 0 Å². The van der Waals surface area contributed by atoms with E-state index in [1.54, 1.807) is 0 Å². The first-order chi connectivity index (χ1) is 26.3. The van der Waals surface area contributed by atoms with Gasteiger partial charge in [0.1, 0.15) is 5.58 Å². The van der Waals surface area contributed by atoms with Gasteiger partial charge >= 0.3 is 0 Å². The van der Waals surface area contributed by atoms with Gasteiger partial charge in [0.15, 0.2) is 5.76 Å². The number of benzene rings is 4. The molecule has 0 radical (unpaired) electrons. The summed E-state index contributed by atoms with van der Waals surface area (Å²) in [6, 6.07) is 33.3. The maximum absolute atomic E-state index is 6.87. The zero-order valence-electron chi connectivity index (χ0n) is 29.3. The highest BCUT2D eigenvalue weighted by Gasteiger charge is 2.29. The Morgan fingerprint density at radius 3 is 2.26 bits per heavy atom. The zero-order chi connectivity index (χ0) is 34.9. The van der Waals surface area contributed by atoms with Crippen LogP contribution in [0.1, 0.15) is 36.0 Å². The Balaban J connectivity index is 1.14. The van der Waals surface area contributed by atoms with Crippen molar-refractivity contribution in [3.05, 3.63) is 192 Å². The first-order valence-electron chi connectivity index (χ1n) is 18.6. The lowest BCUT2D eigenvalue weighted by Crippen LogP contribution is -2.00. The van der Waals surface area contributed by atoms with Gasteiger partial charge in [-0.3, -0.25) is 0 Å². The van der Waals surface area contributed by atoms with Crippen molar-refractivity contribution in [3.63, 3.8) is 0 Å². The highest BCUT2D eigenvalue weighted by atomic mass is 16.3. The fourth-order valence-electron chi connectivity index (χ4n) is 8.87. The van der Waals surface area contributed by atoms with Gasteiger partial charge in [0.2, 0.25) is 0 Å². The fourth-order valence-corrected chi connectivity index (χ4v) is 8.87. The van der Waals surface area contributed by atoms with Gasteiger partial charge in [-0.1, -0.05) is 121 Å². The van der Waals surface area contributed by atoms with Crippen molar-refractivity contribution in [2.45, 2.75) is 25.7 Å². The van der Waals surface area contributed by atoms with E-state index in [9.17, 15) is 0 Å². The zero-order valence-corrected chi connectivity index (χ0v) is 29.3. The maximum atomic E-state index is 6.87. The van der Waals surface area contributed by atoms with Gasteiger partial charge < -0.3 is 13.6 Å². The van der Waals surface area contributed by atoms with Crippen LogP contribution in [0.3, 0.4) is 0 Å². The molecule has 0 fully saturated rings. The topological polar surface area (TPSA) is 23.0 Å². The molecule has 0 spiro atoms. The second kappa shape index (κ2) is 12.0. The maximum Gasteiger partial charge on any atom is 0.159 e. The van der Waals surface area contributed by atoms with Crippen LogP contribution in [-0.4, -0.2) is 9.13 Å². The van der Waals surface area contributed by atoms with Gasteiger partial charge in [-0.2, -0.15) is 0 Å². The van der Waals surface area contributed by atoms with E-state index in [1.165, 1.54) is 71.9 Å². The molecule has 0 unspecified atom stereocenters. The predicted molar refractivity (Wildman–Crippen MR) is 223 cm³/mol. The molecule has 4 aromatic carbocycles. The smallest absolute Gasteiger partial charge is 0.159 e. The van der Waals surface area contributed by atoms with Crippen LogP contribution >= 0.6 is 0 Å². The second-order valence-electron chi connectivity index (χ2n) is 14.4. The lowest BCUT2D eigenvalue weighted by Gasteiger charge is -2.13. The van der Waals surface area contributed by atoms with Gasteiger partial charge in [0.25, 0.3) is 0 Å². The van der Waals surface area contributed by atoms with Crippen LogP contribution in [0.5, 0.6) is 0 Å². The largest absolute Gasteiger partial charge is 0.454 e. The Labute approximate surface area is 308 Å².